The highest BCUT2D eigenvalue weighted by Gasteiger charge is 2.54. The summed E-state index contributed by atoms with van der Waals surface area (Å²) in [5, 5.41) is 2.79. The van der Waals surface area contributed by atoms with E-state index in [0.717, 1.165) is 22.4 Å². The van der Waals surface area contributed by atoms with Gasteiger partial charge in [0.15, 0.2) is 0 Å². The van der Waals surface area contributed by atoms with Gasteiger partial charge >= 0.3 is 6.03 Å². The number of imide groups is 1. The third-order valence-electron chi connectivity index (χ3n) is 4.00. The van der Waals surface area contributed by atoms with Crippen LogP contribution in [0.5, 0.6) is 0 Å². The van der Waals surface area contributed by atoms with Crippen molar-refractivity contribution in [2.24, 2.45) is 5.73 Å². The quantitative estimate of drug-likeness (QED) is 0.773. The number of nitrogens with zero attached hydrogens (tertiary/aromatic N) is 1. The van der Waals surface area contributed by atoms with E-state index in [1.165, 1.54) is 0 Å². The van der Waals surface area contributed by atoms with Crippen LogP contribution in [0.1, 0.15) is 24.0 Å². The second-order valence-electron chi connectivity index (χ2n) is 5.17. The highest BCUT2D eigenvalue weighted by atomic mass is 16.2. The Labute approximate surface area is 115 Å². The van der Waals surface area contributed by atoms with Gasteiger partial charge in [-0.15, -0.1) is 0 Å². The zero-order chi connectivity index (χ0) is 14.3. The number of hydrogen-bond donors (Lipinski definition) is 2. The van der Waals surface area contributed by atoms with Crippen molar-refractivity contribution in [1.82, 2.24) is 10.2 Å². The summed E-state index contributed by atoms with van der Waals surface area (Å²) in [6.45, 7) is 0.0317. The van der Waals surface area contributed by atoms with Crippen LogP contribution in [0.2, 0.25) is 0 Å². The van der Waals surface area contributed by atoms with Gasteiger partial charge in [0, 0.05) is 13.0 Å². The Morgan fingerprint density at radius 1 is 1.35 bits per heavy atom. The van der Waals surface area contributed by atoms with Crippen molar-refractivity contribution in [1.29, 1.82) is 0 Å². The van der Waals surface area contributed by atoms with Crippen LogP contribution in [0.4, 0.5) is 4.79 Å². The van der Waals surface area contributed by atoms with Crippen LogP contribution in [-0.2, 0) is 21.5 Å². The van der Waals surface area contributed by atoms with E-state index < -0.39 is 17.5 Å². The van der Waals surface area contributed by atoms with Crippen molar-refractivity contribution in [2.75, 3.05) is 6.54 Å². The first-order valence-electron chi connectivity index (χ1n) is 6.55. The molecular formula is C14H15N3O3. The third-order valence-corrected chi connectivity index (χ3v) is 4.00. The molecule has 104 valence electrons. The minimum Gasteiger partial charge on any atom is -0.370 e. The van der Waals surface area contributed by atoms with E-state index in [1.807, 2.05) is 24.3 Å². The first-order valence-corrected chi connectivity index (χ1v) is 6.55. The van der Waals surface area contributed by atoms with Crippen molar-refractivity contribution in [3.8, 4) is 0 Å². The molecule has 3 rings (SSSR count). The first kappa shape index (κ1) is 12.7. The number of carbonyl (C=O) groups excluding carboxylic acids is 3. The Morgan fingerprint density at radius 3 is 2.85 bits per heavy atom. The molecule has 6 heteroatoms. The molecule has 0 radical (unpaired) electrons. The van der Waals surface area contributed by atoms with Gasteiger partial charge in [0.25, 0.3) is 5.91 Å². The molecule has 6 nitrogen and oxygen atoms in total. The summed E-state index contributed by atoms with van der Waals surface area (Å²) in [6.07, 6.45) is 1.30. The number of nitrogens with two attached hydrogens (primary N) is 1. The van der Waals surface area contributed by atoms with Crippen LogP contribution >= 0.6 is 0 Å². The molecular weight excluding hydrogens is 258 g/mol. The number of hydrogen-bond acceptors (Lipinski definition) is 3. The van der Waals surface area contributed by atoms with Crippen molar-refractivity contribution in [3.05, 3.63) is 35.4 Å². The number of primary amides is 1. The summed E-state index contributed by atoms with van der Waals surface area (Å²) in [5.74, 6) is -0.813. The number of urea groups is 1. The predicted molar refractivity (Wildman–Crippen MR) is 70.5 cm³/mol. The number of nitrogens with one attached hydrogen (secondary N) is 1. The topological polar surface area (TPSA) is 92.5 Å². The monoisotopic (exact) mass is 273 g/mol. The zero-order valence-electron chi connectivity index (χ0n) is 10.9. The van der Waals surface area contributed by atoms with Gasteiger partial charge in [-0.25, -0.2) is 4.79 Å². The lowest BCUT2D eigenvalue weighted by Crippen LogP contribution is -2.42. The van der Waals surface area contributed by atoms with Gasteiger partial charge in [-0.05, 0) is 24.0 Å². The largest absolute Gasteiger partial charge is 0.370 e. The summed E-state index contributed by atoms with van der Waals surface area (Å²) in [4.78, 5) is 36.5. The Bertz CT molecular complexity index is 613. The molecule has 1 aliphatic carbocycles. The van der Waals surface area contributed by atoms with Crippen LogP contribution < -0.4 is 11.1 Å². The molecule has 1 saturated heterocycles. The lowest BCUT2D eigenvalue weighted by molar-refractivity contribution is -0.131. The zero-order valence-corrected chi connectivity index (χ0v) is 10.9. The first-order chi connectivity index (χ1) is 9.54. The van der Waals surface area contributed by atoms with E-state index in [0.29, 0.717) is 6.42 Å². The second kappa shape index (κ2) is 4.33. The van der Waals surface area contributed by atoms with E-state index in [4.69, 9.17) is 5.73 Å². The van der Waals surface area contributed by atoms with Crippen LogP contribution in [0.15, 0.2) is 24.3 Å². The molecule has 1 spiro atoms. The second-order valence-corrected chi connectivity index (χ2v) is 5.17. The maximum atomic E-state index is 12.6. The van der Waals surface area contributed by atoms with Gasteiger partial charge in [-0.3, -0.25) is 14.5 Å². The van der Waals surface area contributed by atoms with Gasteiger partial charge < -0.3 is 11.1 Å². The van der Waals surface area contributed by atoms with Gasteiger partial charge in [-0.1, -0.05) is 24.3 Å². The average Bonchev–Trinajstić information content (AvgIpc) is 2.89. The Kier molecular flexibility index (Phi) is 2.74. The van der Waals surface area contributed by atoms with E-state index in [9.17, 15) is 14.4 Å². The summed E-state index contributed by atoms with van der Waals surface area (Å²) in [5.41, 5.74) is 6.06. The van der Waals surface area contributed by atoms with Crippen molar-refractivity contribution in [2.45, 2.75) is 24.8 Å². The fraction of sp³-hybridized carbons (Fsp3) is 0.357. The molecule has 20 heavy (non-hydrogen) atoms. The normalized spacial score (nSPS) is 24.1. The lowest BCUT2D eigenvalue weighted by atomic mass is 9.92. The predicted octanol–water partition coefficient (Wildman–Crippen LogP) is 0.255. The average molecular weight is 273 g/mol. The Morgan fingerprint density at radius 2 is 2.10 bits per heavy atom. The van der Waals surface area contributed by atoms with E-state index in [-0.39, 0.29) is 18.9 Å². The fourth-order valence-corrected chi connectivity index (χ4v) is 3.01. The number of benzene rings is 1. The van der Waals surface area contributed by atoms with Crippen molar-refractivity contribution >= 4 is 17.8 Å². The summed E-state index contributed by atoms with van der Waals surface area (Å²) in [6, 6.07) is 7.17. The van der Waals surface area contributed by atoms with Gasteiger partial charge in [0.1, 0.15) is 5.54 Å². The molecule has 2 aliphatic rings. The number of amides is 4. The standard InChI is InChI=1S/C14H15N3O3/c15-11(18)6-8-17-12(19)14(16-13(17)20)7-5-9-3-1-2-4-10(9)14/h1-4H,5-8H2,(H2,15,18)(H,16,20)/t14-/m0/s1. The summed E-state index contributed by atoms with van der Waals surface area (Å²) >= 11 is 0. The molecule has 1 heterocycles. The molecule has 0 saturated carbocycles. The molecule has 1 aliphatic heterocycles. The minimum atomic E-state index is -0.953. The van der Waals surface area contributed by atoms with Crippen LogP contribution in [0.25, 0.3) is 0 Å². The number of rotatable bonds is 3. The van der Waals surface area contributed by atoms with Crippen molar-refractivity contribution < 1.29 is 14.4 Å². The van der Waals surface area contributed by atoms with Gasteiger partial charge in [-0.2, -0.15) is 0 Å². The Hall–Kier alpha value is -2.37. The number of carbonyl (C=O) groups is 3. The van der Waals surface area contributed by atoms with Crippen LogP contribution in [0, 0.1) is 0 Å². The smallest absolute Gasteiger partial charge is 0.325 e. The van der Waals surface area contributed by atoms with E-state index >= 15 is 0 Å². The molecule has 0 aromatic heterocycles. The minimum absolute atomic E-state index is 0.0170. The molecule has 1 fully saturated rings. The maximum absolute atomic E-state index is 12.6. The van der Waals surface area contributed by atoms with Crippen LogP contribution in [0.3, 0.4) is 0 Å². The molecule has 1 aromatic rings. The van der Waals surface area contributed by atoms with E-state index in [2.05, 4.69) is 5.32 Å². The molecule has 0 bridgehead atoms. The number of fused-ring (bicyclic) bond motifs is 2. The summed E-state index contributed by atoms with van der Waals surface area (Å²) < 4.78 is 0. The van der Waals surface area contributed by atoms with Gasteiger partial charge in [0.2, 0.25) is 5.91 Å². The van der Waals surface area contributed by atoms with Gasteiger partial charge in [0.05, 0.1) is 0 Å². The molecule has 3 N–H and O–H groups in total. The fourth-order valence-electron chi connectivity index (χ4n) is 3.01. The highest BCUT2D eigenvalue weighted by molar-refractivity contribution is 6.08. The summed E-state index contributed by atoms with van der Waals surface area (Å²) in [7, 11) is 0. The van der Waals surface area contributed by atoms with Crippen LogP contribution in [-0.4, -0.2) is 29.3 Å². The highest BCUT2D eigenvalue weighted by Crippen LogP contribution is 2.41. The maximum Gasteiger partial charge on any atom is 0.325 e. The molecule has 4 amide bonds. The van der Waals surface area contributed by atoms with E-state index in [1.54, 1.807) is 0 Å². The SMILES string of the molecule is NC(=O)CCN1C(=O)N[C@]2(CCc3ccccc32)C1=O. The lowest BCUT2D eigenvalue weighted by Gasteiger charge is -2.22. The molecule has 1 atom stereocenters. The molecule has 0 unspecified atom stereocenters. The third kappa shape index (κ3) is 1.68. The Balaban J connectivity index is 1.92. The number of aryl methyl sites for hydroxylation is 1. The molecule has 1 aromatic carbocycles. The van der Waals surface area contributed by atoms with Crippen molar-refractivity contribution in [3.63, 3.8) is 0 Å².